The van der Waals surface area contributed by atoms with Crippen LogP contribution in [0, 0.1) is 10.1 Å². The fourth-order valence-corrected chi connectivity index (χ4v) is 5.83. The number of hydrogen-bond donors (Lipinski definition) is 0. The van der Waals surface area contributed by atoms with Crippen LogP contribution in [0.15, 0.2) is 23.1 Å². The molecule has 0 bridgehead atoms. The number of morpholine rings is 1. The van der Waals surface area contributed by atoms with Gasteiger partial charge in [-0.15, -0.1) is 0 Å². The van der Waals surface area contributed by atoms with Gasteiger partial charge in [0.2, 0.25) is 10.0 Å². The van der Waals surface area contributed by atoms with Crippen molar-refractivity contribution in [1.82, 2.24) is 4.31 Å². The zero-order valence-corrected chi connectivity index (χ0v) is 17.8. The molecule has 0 aromatic heterocycles. The molecule has 8 nitrogen and oxygen atoms in total. The van der Waals surface area contributed by atoms with E-state index >= 15 is 0 Å². The van der Waals surface area contributed by atoms with Crippen LogP contribution in [-0.2, 0) is 14.8 Å². The maximum Gasteiger partial charge on any atom is 0.293 e. The second-order valence-electron chi connectivity index (χ2n) is 8.85. The first kappa shape index (κ1) is 21.0. The minimum atomic E-state index is -3.73. The standard InChI is InChI=1S/C19H29N3O5S/c1-18(2)13-20(14-19(3,4)27-18)16-9-8-15(12-17(16)22(23)24)28(25,26)21-10-6-5-7-11-21/h8-9,12H,5-7,10-11,13-14H2,1-4H3. The first-order chi connectivity index (χ1) is 12.9. The molecular weight excluding hydrogens is 382 g/mol. The smallest absolute Gasteiger partial charge is 0.293 e. The number of rotatable bonds is 4. The molecule has 2 saturated heterocycles. The van der Waals surface area contributed by atoms with E-state index in [9.17, 15) is 18.5 Å². The molecule has 0 radical (unpaired) electrons. The highest BCUT2D eigenvalue weighted by molar-refractivity contribution is 7.89. The molecular formula is C19H29N3O5S. The maximum atomic E-state index is 12.9. The molecule has 2 aliphatic heterocycles. The number of hydrogen-bond acceptors (Lipinski definition) is 6. The van der Waals surface area contributed by atoms with Gasteiger partial charge in [0.1, 0.15) is 5.69 Å². The number of anilines is 1. The molecule has 0 atom stereocenters. The van der Waals surface area contributed by atoms with E-state index < -0.39 is 26.1 Å². The summed E-state index contributed by atoms with van der Waals surface area (Å²) in [6.45, 7) is 9.67. The van der Waals surface area contributed by atoms with Crippen LogP contribution in [0.2, 0.25) is 0 Å². The Balaban J connectivity index is 1.99. The monoisotopic (exact) mass is 411 g/mol. The predicted octanol–water partition coefficient (Wildman–Crippen LogP) is 3.16. The van der Waals surface area contributed by atoms with E-state index in [0.717, 1.165) is 19.3 Å². The molecule has 28 heavy (non-hydrogen) atoms. The van der Waals surface area contributed by atoms with Crippen molar-refractivity contribution in [3.05, 3.63) is 28.3 Å². The molecule has 2 heterocycles. The Morgan fingerprint density at radius 1 is 1.04 bits per heavy atom. The van der Waals surface area contributed by atoms with Crippen molar-refractivity contribution in [2.75, 3.05) is 31.1 Å². The number of ether oxygens (including phenoxy) is 1. The highest BCUT2D eigenvalue weighted by Crippen LogP contribution is 2.37. The van der Waals surface area contributed by atoms with Crippen LogP contribution in [0.25, 0.3) is 0 Å². The van der Waals surface area contributed by atoms with E-state index in [1.54, 1.807) is 6.07 Å². The molecule has 1 aromatic carbocycles. The van der Waals surface area contributed by atoms with Crippen molar-refractivity contribution < 1.29 is 18.1 Å². The van der Waals surface area contributed by atoms with E-state index in [0.29, 0.717) is 31.9 Å². The first-order valence-electron chi connectivity index (χ1n) is 9.65. The molecule has 0 unspecified atom stereocenters. The molecule has 156 valence electrons. The second-order valence-corrected chi connectivity index (χ2v) is 10.8. The molecule has 3 rings (SSSR count). The normalized spacial score (nSPS) is 22.8. The lowest BCUT2D eigenvalue weighted by Gasteiger charge is -2.47. The van der Waals surface area contributed by atoms with Crippen molar-refractivity contribution in [3.8, 4) is 0 Å². The van der Waals surface area contributed by atoms with Gasteiger partial charge >= 0.3 is 0 Å². The molecule has 1 aromatic rings. The summed E-state index contributed by atoms with van der Waals surface area (Å²) >= 11 is 0. The predicted molar refractivity (Wildman–Crippen MR) is 107 cm³/mol. The summed E-state index contributed by atoms with van der Waals surface area (Å²) in [5.41, 5.74) is -0.721. The van der Waals surface area contributed by atoms with Gasteiger partial charge in [-0.2, -0.15) is 4.31 Å². The average molecular weight is 412 g/mol. The number of sulfonamides is 1. The Morgan fingerprint density at radius 2 is 1.61 bits per heavy atom. The van der Waals surface area contributed by atoms with Crippen molar-refractivity contribution >= 4 is 21.4 Å². The van der Waals surface area contributed by atoms with Crippen LogP contribution in [0.5, 0.6) is 0 Å². The van der Waals surface area contributed by atoms with Gasteiger partial charge in [0, 0.05) is 32.2 Å². The molecule has 0 aliphatic carbocycles. The Labute approximate surface area is 166 Å². The molecule has 9 heteroatoms. The minimum Gasteiger partial charge on any atom is -0.366 e. The molecule has 0 N–H and O–H groups in total. The summed E-state index contributed by atoms with van der Waals surface area (Å²) < 4.78 is 33.3. The lowest BCUT2D eigenvalue weighted by molar-refractivity contribution is -0.384. The number of nitro benzene ring substituents is 1. The van der Waals surface area contributed by atoms with Crippen molar-refractivity contribution in [3.63, 3.8) is 0 Å². The van der Waals surface area contributed by atoms with Gasteiger partial charge in [-0.25, -0.2) is 8.42 Å². The number of piperidine rings is 1. The highest BCUT2D eigenvalue weighted by atomic mass is 32.2. The van der Waals surface area contributed by atoms with Crippen LogP contribution in [0.4, 0.5) is 11.4 Å². The van der Waals surface area contributed by atoms with E-state index in [1.807, 2.05) is 32.6 Å². The summed E-state index contributed by atoms with van der Waals surface area (Å²) in [5.74, 6) is 0. The molecule has 0 saturated carbocycles. The third-order valence-corrected chi connectivity index (χ3v) is 7.03. The number of nitro groups is 1. The fourth-order valence-electron chi connectivity index (χ4n) is 4.29. The minimum absolute atomic E-state index is 0.0170. The third kappa shape index (κ3) is 4.31. The number of benzene rings is 1. The third-order valence-electron chi connectivity index (χ3n) is 5.13. The van der Waals surface area contributed by atoms with Gasteiger partial charge < -0.3 is 9.64 Å². The largest absolute Gasteiger partial charge is 0.366 e. The maximum absolute atomic E-state index is 12.9. The van der Waals surface area contributed by atoms with E-state index in [4.69, 9.17) is 4.74 Å². The van der Waals surface area contributed by atoms with Gasteiger partial charge in [0.05, 0.1) is 21.0 Å². The first-order valence-corrected chi connectivity index (χ1v) is 11.1. The van der Waals surface area contributed by atoms with Crippen molar-refractivity contribution in [1.29, 1.82) is 0 Å². The summed E-state index contributed by atoms with van der Waals surface area (Å²) in [4.78, 5) is 13.2. The highest BCUT2D eigenvalue weighted by Gasteiger charge is 2.40. The Morgan fingerprint density at radius 3 is 2.14 bits per heavy atom. The fraction of sp³-hybridized carbons (Fsp3) is 0.684. The average Bonchev–Trinajstić information content (AvgIpc) is 2.59. The molecule has 0 amide bonds. The SMILES string of the molecule is CC1(C)CN(c2ccc(S(=O)(=O)N3CCCCC3)cc2[N+](=O)[O-])CC(C)(C)O1. The van der Waals surface area contributed by atoms with Crippen LogP contribution < -0.4 is 4.90 Å². The quantitative estimate of drug-likeness (QED) is 0.558. The summed E-state index contributed by atoms with van der Waals surface area (Å²) in [6.07, 6.45) is 2.64. The van der Waals surface area contributed by atoms with E-state index in [-0.39, 0.29) is 10.6 Å². The lowest BCUT2D eigenvalue weighted by atomic mass is 9.98. The number of nitrogens with zero attached hydrogens (tertiary/aromatic N) is 3. The Hall–Kier alpha value is -1.71. The van der Waals surface area contributed by atoms with Crippen LogP contribution >= 0.6 is 0 Å². The van der Waals surface area contributed by atoms with Gasteiger partial charge in [0.25, 0.3) is 5.69 Å². The van der Waals surface area contributed by atoms with Gasteiger partial charge in [-0.05, 0) is 52.7 Å². The van der Waals surface area contributed by atoms with Gasteiger partial charge in [-0.3, -0.25) is 10.1 Å². The van der Waals surface area contributed by atoms with Crippen LogP contribution in [-0.4, -0.2) is 55.0 Å². The van der Waals surface area contributed by atoms with E-state index in [2.05, 4.69) is 0 Å². The van der Waals surface area contributed by atoms with Crippen LogP contribution in [0.1, 0.15) is 47.0 Å². The lowest BCUT2D eigenvalue weighted by Crippen LogP contribution is -2.57. The van der Waals surface area contributed by atoms with Crippen molar-refractivity contribution in [2.45, 2.75) is 63.1 Å². The Bertz CT molecular complexity index is 844. The van der Waals surface area contributed by atoms with Gasteiger partial charge in [-0.1, -0.05) is 6.42 Å². The zero-order chi connectivity index (χ0) is 20.7. The Kier molecular flexibility index (Phi) is 5.46. The molecule has 2 aliphatic rings. The summed E-state index contributed by atoms with van der Waals surface area (Å²) in [5, 5.41) is 11.8. The van der Waals surface area contributed by atoms with Crippen LogP contribution in [0.3, 0.4) is 0 Å². The molecule has 2 fully saturated rings. The molecule has 0 spiro atoms. The summed E-state index contributed by atoms with van der Waals surface area (Å²) in [7, 11) is -3.73. The van der Waals surface area contributed by atoms with Crippen molar-refractivity contribution in [2.24, 2.45) is 0 Å². The van der Waals surface area contributed by atoms with E-state index in [1.165, 1.54) is 16.4 Å². The summed E-state index contributed by atoms with van der Waals surface area (Å²) in [6, 6.07) is 4.25. The second kappa shape index (κ2) is 7.27. The zero-order valence-electron chi connectivity index (χ0n) is 17.0. The topological polar surface area (TPSA) is 93.0 Å². The van der Waals surface area contributed by atoms with Gasteiger partial charge in [0.15, 0.2) is 0 Å².